The third-order valence-corrected chi connectivity index (χ3v) is 3.65. The third-order valence-electron chi connectivity index (χ3n) is 3.65. The summed E-state index contributed by atoms with van der Waals surface area (Å²) in [4.78, 5) is 22.4. The lowest BCUT2D eigenvalue weighted by molar-refractivity contribution is -0.384. The number of nitriles is 1. The van der Waals surface area contributed by atoms with E-state index in [1.807, 2.05) is 6.07 Å². The molecular formula is C18H17N3O4. The number of non-ortho nitro benzene ring substituents is 1. The van der Waals surface area contributed by atoms with Crippen molar-refractivity contribution < 1.29 is 14.5 Å². The number of amides is 1. The van der Waals surface area contributed by atoms with Gasteiger partial charge in [0.15, 0.2) is 0 Å². The van der Waals surface area contributed by atoms with Crippen LogP contribution in [0.2, 0.25) is 0 Å². The van der Waals surface area contributed by atoms with Crippen molar-refractivity contribution in [3.63, 3.8) is 0 Å². The molecule has 7 heteroatoms. The number of carbonyl (C=O) groups is 1. The minimum atomic E-state index is -0.825. The lowest BCUT2D eigenvalue weighted by atomic mass is 10.1. The van der Waals surface area contributed by atoms with E-state index in [4.69, 9.17) is 4.74 Å². The molecule has 1 amide bonds. The highest BCUT2D eigenvalue weighted by molar-refractivity contribution is 5.77. The zero-order valence-electron chi connectivity index (χ0n) is 13.6. The molecule has 2 aromatic rings. The quantitative estimate of drug-likeness (QED) is 0.617. The van der Waals surface area contributed by atoms with Crippen LogP contribution in [0.5, 0.6) is 5.75 Å². The lowest BCUT2D eigenvalue weighted by Crippen LogP contribution is -2.28. The normalized spacial score (nSPS) is 11.2. The van der Waals surface area contributed by atoms with Gasteiger partial charge in [-0.2, -0.15) is 5.26 Å². The average molecular weight is 339 g/mol. The second-order valence-corrected chi connectivity index (χ2v) is 5.30. The molecule has 0 radical (unpaired) electrons. The van der Waals surface area contributed by atoms with Crippen molar-refractivity contribution in [3.8, 4) is 11.8 Å². The molecule has 0 aromatic heterocycles. The molecule has 0 heterocycles. The van der Waals surface area contributed by atoms with E-state index >= 15 is 0 Å². The van der Waals surface area contributed by atoms with Crippen LogP contribution in [0.3, 0.4) is 0 Å². The first-order chi connectivity index (χ1) is 12.0. The molecule has 0 aliphatic carbocycles. The molecule has 2 aromatic carbocycles. The fourth-order valence-electron chi connectivity index (χ4n) is 2.40. The van der Waals surface area contributed by atoms with Gasteiger partial charge in [-0.1, -0.05) is 30.3 Å². The Labute approximate surface area is 145 Å². The highest BCUT2D eigenvalue weighted by Crippen LogP contribution is 2.24. The summed E-state index contributed by atoms with van der Waals surface area (Å²) in [6.45, 7) is 0. The zero-order chi connectivity index (χ0) is 18.2. The lowest BCUT2D eigenvalue weighted by Gasteiger charge is -2.15. The Morgan fingerprint density at radius 1 is 1.32 bits per heavy atom. The SMILES string of the molecule is COc1ccccc1[C@H](C#N)NC(=O)CCc1cccc([N+](=O)[O-])c1. The standard InChI is InChI=1S/C18H17N3O4/c1-25-17-8-3-2-7-15(17)16(12-19)20-18(22)10-9-13-5-4-6-14(11-13)21(23)24/h2-8,11,16H,9-10H2,1H3,(H,20,22)/t16-/m0/s1. The predicted octanol–water partition coefficient (Wildman–Crippen LogP) is 2.92. The van der Waals surface area contributed by atoms with Crippen LogP contribution < -0.4 is 10.1 Å². The maximum Gasteiger partial charge on any atom is 0.269 e. The van der Waals surface area contributed by atoms with Gasteiger partial charge in [-0.05, 0) is 18.1 Å². The molecule has 0 spiro atoms. The Bertz CT molecular complexity index is 814. The van der Waals surface area contributed by atoms with Crippen molar-refractivity contribution in [3.05, 3.63) is 69.8 Å². The monoisotopic (exact) mass is 339 g/mol. The van der Waals surface area contributed by atoms with E-state index in [0.29, 0.717) is 23.3 Å². The van der Waals surface area contributed by atoms with E-state index in [1.54, 1.807) is 36.4 Å². The number of benzene rings is 2. The number of methoxy groups -OCH3 is 1. The summed E-state index contributed by atoms with van der Waals surface area (Å²) in [7, 11) is 1.50. The van der Waals surface area contributed by atoms with Gasteiger partial charge < -0.3 is 10.1 Å². The Morgan fingerprint density at radius 3 is 2.76 bits per heavy atom. The van der Waals surface area contributed by atoms with E-state index in [9.17, 15) is 20.2 Å². The molecule has 7 nitrogen and oxygen atoms in total. The molecule has 0 aliphatic heterocycles. The number of hydrogen-bond acceptors (Lipinski definition) is 5. The van der Waals surface area contributed by atoms with Gasteiger partial charge in [-0.3, -0.25) is 14.9 Å². The van der Waals surface area contributed by atoms with E-state index in [0.717, 1.165) is 0 Å². The second-order valence-electron chi connectivity index (χ2n) is 5.30. The van der Waals surface area contributed by atoms with Crippen LogP contribution in [-0.2, 0) is 11.2 Å². The molecule has 0 aliphatic rings. The number of nitro benzene ring substituents is 1. The van der Waals surface area contributed by atoms with E-state index in [1.165, 1.54) is 19.2 Å². The number of carbonyl (C=O) groups excluding carboxylic acids is 1. The summed E-state index contributed by atoms with van der Waals surface area (Å²) in [6, 6.07) is 14.3. The van der Waals surface area contributed by atoms with Crippen molar-refractivity contribution in [1.29, 1.82) is 5.26 Å². The fourth-order valence-corrected chi connectivity index (χ4v) is 2.40. The van der Waals surface area contributed by atoms with Gasteiger partial charge in [0.1, 0.15) is 11.8 Å². The Hall–Kier alpha value is -3.40. The van der Waals surface area contributed by atoms with Gasteiger partial charge in [0, 0.05) is 24.1 Å². The number of ether oxygens (including phenoxy) is 1. The molecule has 0 fully saturated rings. The number of nitro groups is 1. The van der Waals surface area contributed by atoms with Gasteiger partial charge in [-0.15, -0.1) is 0 Å². The molecule has 0 saturated heterocycles. The molecule has 128 valence electrons. The van der Waals surface area contributed by atoms with Gasteiger partial charge in [-0.25, -0.2) is 0 Å². The number of aryl methyl sites for hydroxylation is 1. The van der Waals surface area contributed by atoms with Crippen LogP contribution in [0, 0.1) is 21.4 Å². The number of hydrogen-bond donors (Lipinski definition) is 1. The third kappa shape index (κ3) is 4.78. The Balaban J connectivity index is 2.00. The molecule has 0 unspecified atom stereocenters. The van der Waals surface area contributed by atoms with Crippen molar-refractivity contribution in [1.82, 2.24) is 5.32 Å². The molecule has 0 bridgehead atoms. The maximum atomic E-state index is 12.1. The Kier molecular flexibility index (Phi) is 6.07. The predicted molar refractivity (Wildman–Crippen MR) is 90.9 cm³/mol. The van der Waals surface area contributed by atoms with E-state index in [2.05, 4.69) is 5.32 Å². The summed E-state index contributed by atoms with van der Waals surface area (Å²) in [5.74, 6) is 0.206. The van der Waals surface area contributed by atoms with E-state index in [-0.39, 0.29) is 18.0 Å². The van der Waals surface area contributed by atoms with Crippen LogP contribution in [0.25, 0.3) is 0 Å². The summed E-state index contributed by atoms with van der Waals surface area (Å²) >= 11 is 0. The van der Waals surface area contributed by atoms with E-state index < -0.39 is 11.0 Å². The zero-order valence-corrected chi connectivity index (χ0v) is 13.6. The van der Waals surface area contributed by atoms with Gasteiger partial charge in [0.05, 0.1) is 18.1 Å². The van der Waals surface area contributed by atoms with Crippen LogP contribution in [0.4, 0.5) is 5.69 Å². The highest BCUT2D eigenvalue weighted by Gasteiger charge is 2.17. The first kappa shape index (κ1) is 17.9. The fraction of sp³-hybridized carbons (Fsp3) is 0.222. The van der Waals surface area contributed by atoms with Crippen molar-refractivity contribution in [2.75, 3.05) is 7.11 Å². The minimum Gasteiger partial charge on any atom is -0.496 e. The first-order valence-corrected chi connectivity index (χ1v) is 7.60. The number of nitrogens with zero attached hydrogens (tertiary/aromatic N) is 2. The van der Waals surface area contributed by atoms with Crippen LogP contribution in [0.15, 0.2) is 48.5 Å². The topological polar surface area (TPSA) is 105 Å². The summed E-state index contributed by atoms with van der Waals surface area (Å²) in [6.07, 6.45) is 0.464. The number of rotatable bonds is 7. The van der Waals surface area contributed by atoms with Crippen LogP contribution in [0.1, 0.15) is 23.6 Å². The molecule has 0 saturated carbocycles. The maximum absolute atomic E-state index is 12.1. The molecule has 25 heavy (non-hydrogen) atoms. The van der Waals surface area contributed by atoms with Crippen LogP contribution >= 0.6 is 0 Å². The molecular weight excluding hydrogens is 322 g/mol. The van der Waals surface area contributed by atoms with Gasteiger partial charge in [0.25, 0.3) is 5.69 Å². The molecule has 1 N–H and O–H groups in total. The summed E-state index contributed by atoms with van der Waals surface area (Å²) in [5.41, 5.74) is 1.26. The highest BCUT2D eigenvalue weighted by atomic mass is 16.6. The van der Waals surface area contributed by atoms with Gasteiger partial charge in [0.2, 0.25) is 5.91 Å². The smallest absolute Gasteiger partial charge is 0.269 e. The largest absolute Gasteiger partial charge is 0.496 e. The minimum absolute atomic E-state index is 0.0122. The number of para-hydroxylation sites is 1. The first-order valence-electron chi connectivity index (χ1n) is 7.60. The van der Waals surface area contributed by atoms with Crippen molar-refractivity contribution >= 4 is 11.6 Å². The molecule has 1 atom stereocenters. The number of nitrogens with one attached hydrogen (secondary N) is 1. The summed E-state index contributed by atoms with van der Waals surface area (Å²) < 4.78 is 5.21. The van der Waals surface area contributed by atoms with Crippen molar-refractivity contribution in [2.24, 2.45) is 0 Å². The van der Waals surface area contributed by atoms with Crippen LogP contribution in [-0.4, -0.2) is 17.9 Å². The van der Waals surface area contributed by atoms with Crippen molar-refractivity contribution in [2.45, 2.75) is 18.9 Å². The average Bonchev–Trinajstić information content (AvgIpc) is 2.64. The van der Waals surface area contributed by atoms with Gasteiger partial charge >= 0.3 is 0 Å². The Morgan fingerprint density at radius 2 is 2.08 bits per heavy atom. The summed E-state index contributed by atoms with van der Waals surface area (Å²) in [5, 5.41) is 22.8. The molecule has 2 rings (SSSR count). The second kappa shape index (κ2) is 8.45.